The molecule has 0 aromatic carbocycles. The van der Waals surface area contributed by atoms with E-state index >= 15 is 0 Å². The highest BCUT2D eigenvalue weighted by Gasteiger charge is 2.41. The average Bonchev–Trinajstić information content (AvgIpc) is 2.27. The minimum Gasteiger partial charge on any atom is -0.458 e. The molecule has 0 aliphatic heterocycles. The van der Waals surface area contributed by atoms with E-state index in [9.17, 15) is 21.6 Å². The van der Waals surface area contributed by atoms with Gasteiger partial charge < -0.3 is 4.42 Å². The fourth-order valence-electron chi connectivity index (χ4n) is 0.983. The molecule has 4 nitrogen and oxygen atoms in total. The number of rotatable bonds is 1. The summed E-state index contributed by atoms with van der Waals surface area (Å²) in [5.41, 5.74) is -0.167. The van der Waals surface area contributed by atoms with E-state index in [0.29, 0.717) is 6.26 Å². The predicted octanol–water partition coefficient (Wildman–Crippen LogP) is 1.25. The third kappa shape index (κ3) is 1.90. The molecule has 0 unspecified atom stereocenters. The molecule has 0 bridgehead atoms. The van der Waals surface area contributed by atoms with Gasteiger partial charge in [0, 0.05) is 5.56 Å². The monoisotopic (exact) mass is 229 g/mol. The quantitative estimate of drug-likeness (QED) is 0.787. The van der Waals surface area contributed by atoms with Crippen LogP contribution in [0.15, 0.2) is 15.6 Å². The molecule has 0 saturated carbocycles. The summed E-state index contributed by atoms with van der Waals surface area (Å²) < 4.78 is 62.2. The van der Waals surface area contributed by atoms with Crippen LogP contribution in [0.5, 0.6) is 0 Å². The van der Waals surface area contributed by atoms with Crippen LogP contribution in [0.25, 0.3) is 0 Å². The van der Waals surface area contributed by atoms with E-state index in [1.807, 2.05) is 0 Å². The van der Waals surface area contributed by atoms with Crippen LogP contribution in [0.1, 0.15) is 11.3 Å². The molecule has 1 aromatic rings. The minimum absolute atomic E-state index is 0.167. The molecule has 0 fully saturated rings. The second-order valence-corrected chi connectivity index (χ2v) is 4.12. The average molecular weight is 229 g/mol. The summed E-state index contributed by atoms with van der Waals surface area (Å²) in [7, 11) is -4.42. The van der Waals surface area contributed by atoms with Gasteiger partial charge in [-0.25, -0.2) is 13.6 Å². The number of nitrogens with two attached hydrogens (primary N) is 1. The van der Waals surface area contributed by atoms with Gasteiger partial charge >= 0.3 is 6.18 Å². The number of hydrogen-bond acceptors (Lipinski definition) is 3. The molecular weight excluding hydrogens is 223 g/mol. The van der Waals surface area contributed by atoms with Crippen molar-refractivity contribution in [1.29, 1.82) is 0 Å². The van der Waals surface area contributed by atoms with Gasteiger partial charge in [-0.05, 0) is 6.92 Å². The first-order valence-electron chi connectivity index (χ1n) is 3.32. The summed E-state index contributed by atoms with van der Waals surface area (Å²) in [6.45, 7) is 1.17. The molecule has 0 radical (unpaired) electrons. The van der Waals surface area contributed by atoms with Crippen molar-refractivity contribution in [1.82, 2.24) is 0 Å². The van der Waals surface area contributed by atoms with Crippen molar-refractivity contribution in [2.24, 2.45) is 5.14 Å². The van der Waals surface area contributed by atoms with E-state index in [0.717, 1.165) is 0 Å². The van der Waals surface area contributed by atoms with Gasteiger partial charge in [-0.2, -0.15) is 13.2 Å². The molecule has 0 amide bonds. The number of alkyl halides is 3. The smallest absolute Gasteiger partial charge is 0.450 e. The van der Waals surface area contributed by atoms with Crippen molar-refractivity contribution in [3.8, 4) is 0 Å². The van der Waals surface area contributed by atoms with Crippen molar-refractivity contribution < 1.29 is 26.0 Å². The van der Waals surface area contributed by atoms with Gasteiger partial charge in [-0.1, -0.05) is 0 Å². The zero-order valence-electron chi connectivity index (χ0n) is 6.92. The molecule has 1 rings (SSSR count). The second-order valence-electron chi connectivity index (χ2n) is 2.62. The van der Waals surface area contributed by atoms with Gasteiger partial charge in [-0.3, -0.25) is 0 Å². The number of hydrogen-bond donors (Lipinski definition) is 1. The molecule has 0 spiro atoms. The molecule has 1 aromatic heterocycles. The number of furan rings is 1. The van der Waals surface area contributed by atoms with Crippen LogP contribution in [0.4, 0.5) is 13.2 Å². The summed E-state index contributed by atoms with van der Waals surface area (Å²) >= 11 is 0. The predicted molar refractivity (Wildman–Crippen MR) is 39.8 cm³/mol. The molecule has 80 valence electrons. The highest BCUT2D eigenvalue weighted by Crippen LogP contribution is 2.36. The maximum Gasteiger partial charge on any atom is 0.450 e. The summed E-state index contributed by atoms with van der Waals surface area (Å²) in [6, 6.07) is 0. The molecular formula is C6H6F3NO3S. The van der Waals surface area contributed by atoms with Gasteiger partial charge in [0.05, 0.1) is 6.26 Å². The Morgan fingerprint density at radius 3 is 2.21 bits per heavy atom. The maximum absolute atomic E-state index is 12.2. The summed E-state index contributed by atoms with van der Waals surface area (Å²) in [6.07, 6.45) is -4.17. The number of aryl methyl sites for hydroxylation is 1. The van der Waals surface area contributed by atoms with Crippen LogP contribution in [0.3, 0.4) is 0 Å². The van der Waals surface area contributed by atoms with Crippen molar-refractivity contribution in [2.45, 2.75) is 18.0 Å². The first-order chi connectivity index (χ1) is 6.14. The first-order valence-corrected chi connectivity index (χ1v) is 4.86. The fraction of sp³-hybridized carbons (Fsp3) is 0.333. The van der Waals surface area contributed by atoms with Crippen molar-refractivity contribution in [3.05, 3.63) is 17.6 Å². The maximum atomic E-state index is 12.2. The van der Waals surface area contributed by atoms with E-state index in [2.05, 4.69) is 9.56 Å². The van der Waals surface area contributed by atoms with E-state index in [4.69, 9.17) is 0 Å². The normalized spacial score (nSPS) is 13.2. The van der Waals surface area contributed by atoms with Crippen molar-refractivity contribution in [2.75, 3.05) is 0 Å². The lowest BCUT2D eigenvalue weighted by Gasteiger charge is -2.04. The zero-order chi connectivity index (χ0) is 11.1. The summed E-state index contributed by atoms with van der Waals surface area (Å²) in [4.78, 5) is -1.01. The van der Waals surface area contributed by atoms with Crippen LogP contribution < -0.4 is 5.14 Å². The van der Waals surface area contributed by atoms with Crippen LogP contribution in [0, 0.1) is 6.92 Å². The van der Waals surface area contributed by atoms with E-state index < -0.39 is 26.9 Å². The number of halogens is 3. The SMILES string of the molecule is Cc1coc(C(F)(F)F)c1S(N)(=O)=O. The Hall–Kier alpha value is -1.02. The molecule has 2 N–H and O–H groups in total. The Morgan fingerprint density at radius 1 is 1.43 bits per heavy atom. The van der Waals surface area contributed by atoms with E-state index in [1.165, 1.54) is 6.92 Å². The molecule has 8 heteroatoms. The lowest BCUT2D eigenvalue weighted by atomic mass is 10.3. The Labute approximate surface area is 77.6 Å². The highest BCUT2D eigenvalue weighted by molar-refractivity contribution is 7.89. The third-order valence-electron chi connectivity index (χ3n) is 1.46. The Bertz CT molecular complexity index is 445. The Balaban J connectivity index is 3.51. The van der Waals surface area contributed by atoms with Crippen LogP contribution in [0.2, 0.25) is 0 Å². The fourth-order valence-corrected chi connectivity index (χ4v) is 1.90. The number of sulfonamides is 1. The van der Waals surface area contributed by atoms with Gasteiger partial charge in [0.15, 0.2) is 0 Å². The van der Waals surface area contributed by atoms with Crippen LogP contribution in [-0.2, 0) is 16.2 Å². The topological polar surface area (TPSA) is 73.3 Å². The first kappa shape index (κ1) is 11.1. The molecule has 0 atom stereocenters. The van der Waals surface area contributed by atoms with E-state index in [1.54, 1.807) is 0 Å². The molecule has 0 aliphatic rings. The Morgan fingerprint density at radius 2 is 1.93 bits per heavy atom. The lowest BCUT2D eigenvalue weighted by molar-refractivity contribution is -0.155. The van der Waals surface area contributed by atoms with Crippen molar-refractivity contribution >= 4 is 10.0 Å². The van der Waals surface area contributed by atoms with Gasteiger partial charge in [0.25, 0.3) is 0 Å². The Kier molecular flexibility index (Phi) is 2.36. The standard InChI is InChI=1S/C6H6F3NO3S/c1-3-2-13-5(6(7,8)9)4(3)14(10,11)12/h2H,1H3,(H2,10,11,12). The second kappa shape index (κ2) is 2.99. The van der Waals surface area contributed by atoms with Crippen LogP contribution in [-0.4, -0.2) is 8.42 Å². The third-order valence-corrected chi connectivity index (χ3v) is 2.54. The molecule has 0 aliphatic carbocycles. The molecule has 1 heterocycles. The lowest BCUT2D eigenvalue weighted by Crippen LogP contribution is -2.18. The molecule has 14 heavy (non-hydrogen) atoms. The van der Waals surface area contributed by atoms with E-state index in [-0.39, 0.29) is 5.56 Å². The van der Waals surface area contributed by atoms with Gasteiger partial charge in [0.1, 0.15) is 4.90 Å². The zero-order valence-corrected chi connectivity index (χ0v) is 7.74. The van der Waals surface area contributed by atoms with Gasteiger partial charge in [-0.15, -0.1) is 0 Å². The largest absolute Gasteiger partial charge is 0.458 e. The number of primary sulfonamides is 1. The van der Waals surface area contributed by atoms with Crippen molar-refractivity contribution in [3.63, 3.8) is 0 Å². The summed E-state index contributed by atoms with van der Waals surface area (Å²) in [5.74, 6) is -1.59. The highest BCUT2D eigenvalue weighted by atomic mass is 32.2. The molecule has 0 saturated heterocycles. The van der Waals surface area contributed by atoms with Crippen LogP contribution >= 0.6 is 0 Å². The van der Waals surface area contributed by atoms with Gasteiger partial charge in [0.2, 0.25) is 15.8 Å². The minimum atomic E-state index is -4.87. The summed E-state index contributed by atoms with van der Waals surface area (Å²) in [5, 5.41) is 4.61.